The topological polar surface area (TPSA) is 64.6 Å². The molecule has 2 aromatic rings. The first-order chi connectivity index (χ1) is 13.5. The molecule has 1 saturated heterocycles. The number of nitrogens with one attached hydrogen (secondary N) is 1. The highest BCUT2D eigenvalue weighted by Gasteiger charge is 2.21. The molecule has 1 aliphatic rings. The van der Waals surface area contributed by atoms with E-state index in [1.54, 1.807) is 6.92 Å². The van der Waals surface area contributed by atoms with E-state index in [0.29, 0.717) is 0 Å². The summed E-state index contributed by atoms with van der Waals surface area (Å²) < 4.78 is 0. The predicted molar refractivity (Wildman–Crippen MR) is 114 cm³/mol. The first kappa shape index (κ1) is 20.1. The third-order valence-corrected chi connectivity index (χ3v) is 4.88. The Morgan fingerprint density at radius 3 is 2.46 bits per heavy atom. The van der Waals surface area contributed by atoms with E-state index in [2.05, 4.69) is 29.2 Å². The van der Waals surface area contributed by atoms with Crippen LogP contribution in [0.15, 0.2) is 36.4 Å². The minimum absolute atomic E-state index is 0.135. The molecule has 0 aliphatic carbocycles. The van der Waals surface area contributed by atoms with E-state index in [1.807, 2.05) is 41.3 Å². The molecule has 1 fully saturated rings. The van der Waals surface area contributed by atoms with E-state index in [9.17, 15) is 4.79 Å². The summed E-state index contributed by atoms with van der Waals surface area (Å²) >= 11 is 0. The summed E-state index contributed by atoms with van der Waals surface area (Å²) in [5, 5.41) is 3.45. The van der Waals surface area contributed by atoms with Crippen molar-refractivity contribution >= 4 is 17.5 Å². The summed E-state index contributed by atoms with van der Waals surface area (Å²) in [5.41, 5.74) is 1.00. The van der Waals surface area contributed by atoms with Crippen LogP contribution >= 0.6 is 0 Å². The number of amides is 1. The zero-order valence-electron chi connectivity index (χ0n) is 17.1. The van der Waals surface area contributed by atoms with Crippen LogP contribution in [0.25, 0.3) is 11.4 Å². The molecule has 150 valence electrons. The van der Waals surface area contributed by atoms with E-state index < -0.39 is 0 Å². The van der Waals surface area contributed by atoms with E-state index in [4.69, 9.17) is 9.97 Å². The maximum absolute atomic E-state index is 11.6. The van der Waals surface area contributed by atoms with Crippen LogP contribution in [0.5, 0.6) is 0 Å². The van der Waals surface area contributed by atoms with Crippen LogP contribution in [0, 0.1) is 0 Å². The van der Waals surface area contributed by atoms with Gasteiger partial charge in [-0.3, -0.25) is 4.79 Å². The van der Waals surface area contributed by atoms with Gasteiger partial charge in [0.25, 0.3) is 0 Å². The second-order valence-corrected chi connectivity index (χ2v) is 7.38. The Balaban J connectivity index is 1.78. The smallest absolute Gasteiger partial charge is 0.219 e. The van der Waals surface area contributed by atoms with Gasteiger partial charge >= 0.3 is 0 Å². The van der Waals surface area contributed by atoms with Gasteiger partial charge in [-0.05, 0) is 27.1 Å². The molecule has 0 atom stereocenters. The van der Waals surface area contributed by atoms with Crippen LogP contribution in [0.3, 0.4) is 0 Å². The number of piperazine rings is 1. The maximum Gasteiger partial charge on any atom is 0.219 e. The molecule has 7 nitrogen and oxygen atoms in total. The fourth-order valence-corrected chi connectivity index (χ4v) is 3.27. The number of carbonyl (C=O) groups is 1. The van der Waals surface area contributed by atoms with Gasteiger partial charge in [0.05, 0.1) is 0 Å². The molecule has 0 saturated carbocycles. The molecular weight excluding hydrogens is 352 g/mol. The molecule has 3 rings (SSSR count). The lowest BCUT2D eigenvalue weighted by Gasteiger charge is -2.35. The van der Waals surface area contributed by atoms with Crippen molar-refractivity contribution in [2.24, 2.45) is 0 Å². The van der Waals surface area contributed by atoms with Crippen molar-refractivity contribution in [3.05, 3.63) is 36.4 Å². The van der Waals surface area contributed by atoms with E-state index >= 15 is 0 Å². The second-order valence-electron chi connectivity index (χ2n) is 7.38. The van der Waals surface area contributed by atoms with Gasteiger partial charge in [0, 0.05) is 51.3 Å². The number of carbonyl (C=O) groups excluding carboxylic acids is 1. The van der Waals surface area contributed by atoms with Crippen molar-refractivity contribution in [2.75, 3.05) is 63.6 Å². The molecule has 0 bridgehead atoms. The van der Waals surface area contributed by atoms with Gasteiger partial charge in [-0.1, -0.05) is 30.3 Å². The Bertz CT molecular complexity index is 772. The zero-order valence-corrected chi connectivity index (χ0v) is 17.1. The summed E-state index contributed by atoms with van der Waals surface area (Å²) in [7, 11) is 4.16. The lowest BCUT2D eigenvalue weighted by Crippen LogP contribution is -2.48. The van der Waals surface area contributed by atoms with Crippen LogP contribution in [-0.4, -0.2) is 79.0 Å². The first-order valence-corrected chi connectivity index (χ1v) is 9.86. The molecule has 2 heterocycles. The third kappa shape index (κ3) is 5.42. The van der Waals surface area contributed by atoms with Crippen LogP contribution in [0.2, 0.25) is 0 Å². The van der Waals surface area contributed by atoms with Crippen molar-refractivity contribution in [3.63, 3.8) is 0 Å². The summed E-state index contributed by atoms with van der Waals surface area (Å²) in [6.45, 7) is 6.54. The summed E-state index contributed by atoms with van der Waals surface area (Å²) in [5.74, 6) is 2.61. The number of rotatable bonds is 7. The van der Waals surface area contributed by atoms with Gasteiger partial charge < -0.3 is 20.0 Å². The second kappa shape index (κ2) is 9.50. The number of nitrogens with zero attached hydrogens (tertiary/aromatic N) is 5. The summed E-state index contributed by atoms with van der Waals surface area (Å²) in [6, 6.07) is 12.1. The van der Waals surface area contributed by atoms with Crippen molar-refractivity contribution in [1.82, 2.24) is 19.8 Å². The molecule has 0 unspecified atom stereocenters. The maximum atomic E-state index is 11.6. The molecule has 7 heteroatoms. The summed E-state index contributed by atoms with van der Waals surface area (Å²) in [4.78, 5) is 27.4. The Kier molecular flexibility index (Phi) is 6.81. The fraction of sp³-hybridized carbons (Fsp3) is 0.476. The standard InChI is InChI=1S/C21H30N6O/c1-17(28)26-12-14-27(15-13-26)20-16-19(22-10-7-11-25(2)3)23-21(24-20)18-8-5-4-6-9-18/h4-6,8-9,16H,7,10-15H2,1-3H3,(H,22,23,24). The van der Waals surface area contributed by atoms with E-state index in [1.165, 1.54) is 0 Å². The number of hydrogen-bond donors (Lipinski definition) is 1. The van der Waals surface area contributed by atoms with E-state index in [0.717, 1.165) is 68.7 Å². The molecule has 1 aliphatic heterocycles. The monoisotopic (exact) mass is 382 g/mol. The Labute approximate surface area is 167 Å². The van der Waals surface area contributed by atoms with Gasteiger partial charge in [0.2, 0.25) is 5.91 Å². The van der Waals surface area contributed by atoms with Gasteiger partial charge in [-0.25, -0.2) is 9.97 Å². The summed E-state index contributed by atoms with van der Waals surface area (Å²) in [6.07, 6.45) is 1.05. The average Bonchev–Trinajstić information content (AvgIpc) is 2.71. The molecule has 28 heavy (non-hydrogen) atoms. The lowest BCUT2D eigenvalue weighted by atomic mass is 10.2. The zero-order chi connectivity index (χ0) is 19.9. The van der Waals surface area contributed by atoms with Gasteiger partial charge in [-0.15, -0.1) is 0 Å². The van der Waals surface area contributed by atoms with Crippen LogP contribution in [0.1, 0.15) is 13.3 Å². The van der Waals surface area contributed by atoms with Crippen molar-refractivity contribution in [3.8, 4) is 11.4 Å². The van der Waals surface area contributed by atoms with Crippen LogP contribution < -0.4 is 10.2 Å². The fourth-order valence-electron chi connectivity index (χ4n) is 3.27. The molecule has 1 N–H and O–H groups in total. The lowest BCUT2D eigenvalue weighted by molar-refractivity contribution is -0.129. The highest BCUT2D eigenvalue weighted by molar-refractivity contribution is 5.73. The van der Waals surface area contributed by atoms with Crippen molar-refractivity contribution in [1.29, 1.82) is 0 Å². The molecule has 1 aromatic carbocycles. The molecule has 1 aromatic heterocycles. The van der Waals surface area contributed by atoms with Gasteiger partial charge in [-0.2, -0.15) is 0 Å². The predicted octanol–water partition coefficient (Wildman–Crippen LogP) is 2.18. The largest absolute Gasteiger partial charge is 0.370 e. The van der Waals surface area contributed by atoms with Crippen LogP contribution in [0.4, 0.5) is 11.6 Å². The van der Waals surface area contributed by atoms with Crippen molar-refractivity contribution in [2.45, 2.75) is 13.3 Å². The quantitative estimate of drug-likeness (QED) is 0.741. The number of aromatic nitrogens is 2. The first-order valence-electron chi connectivity index (χ1n) is 9.86. The SMILES string of the molecule is CC(=O)N1CCN(c2cc(NCCCN(C)C)nc(-c3ccccc3)n2)CC1. The Hall–Kier alpha value is -2.67. The average molecular weight is 383 g/mol. The van der Waals surface area contributed by atoms with Gasteiger partial charge in [0.15, 0.2) is 5.82 Å². The number of hydrogen-bond acceptors (Lipinski definition) is 6. The minimum atomic E-state index is 0.135. The van der Waals surface area contributed by atoms with E-state index in [-0.39, 0.29) is 5.91 Å². The third-order valence-electron chi connectivity index (χ3n) is 4.88. The molecule has 1 amide bonds. The molecule has 0 radical (unpaired) electrons. The number of anilines is 2. The van der Waals surface area contributed by atoms with Crippen molar-refractivity contribution < 1.29 is 4.79 Å². The Morgan fingerprint density at radius 2 is 1.82 bits per heavy atom. The molecule has 0 spiro atoms. The van der Waals surface area contributed by atoms with Crippen LogP contribution in [-0.2, 0) is 4.79 Å². The normalized spacial score (nSPS) is 14.4. The highest BCUT2D eigenvalue weighted by atomic mass is 16.2. The molecular formula is C21H30N6O. The number of benzene rings is 1. The van der Waals surface area contributed by atoms with Gasteiger partial charge in [0.1, 0.15) is 11.6 Å². The highest BCUT2D eigenvalue weighted by Crippen LogP contribution is 2.23. The Morgan fingerprint density at radius 1 is 1.11 bits per heavy atom. The minimum Gasteiger partial charge on any atom is -0.370 e.